The second-order valence-electron chi connectivity index (χ2n) is 17.1. The number of thiazole rings is 1. The van der Waals surface area contributed by atoms with Crippen molar-refractivity contribution in [3.63, 3.8) is 0 Å². The van der Waals surface area contributed by atoms with Crippen LogP contribution in [0.2, 0.25) is 0 Å². The minimum absolute atomic E-state index is 0. The number of hydrogen-bond acceptors (Lipinski definition) is 8. The lowest BCUT2D eigenvalue weighted by Crippen LogP contribution is -2.30. The quantitative estimate of drug-likeness (QED) is 0.0390. The Kier molecular flexibility index (Phi) is 20.9. The largest absolute Gasteiger partial charge is 0.353 e. The summed E-state index contributed by atoms with van der Waals surface area (Å²) < 4.78 is 66.0. The number of Topliss-reactive ketones (excluding diaryl/α,β-unsaturated/α-hetero) is 2. The third kappa shape index (κ3) is 15.2. The van der Waals surface area contributed by atoms with Crippen molar-refractivity contribution < 1.29 is 39.5 Å². The zero-order valence-electron chi connectivity index (χ0n) is 40.2. The number of ketones is 2. The third-order valence-corrected chi connectivity index (χ3v) is 13.4. The van der Waals surface area contributed by atoms with Crippen molar-refractivity contribution in [2.75, 3.05) is 49.6 Å². The van der Waals surface area contributed by atoms with Gasteiger partial charge in [0.25, 0.3) is 0 Å². The van der Waals surface area contributed by atoms with Crippen LogP contribution in [0.15, 0.2) is 138 Å². The molecule has 70 heavy (non-hydrogen) atoms. The number of aromatic nitrogens is 1. The smallest absolute Gasteiger partial charge is 0.185 e. The van der Waals surface area contributed by atoms with Crippen molar-refractivity contribution in [3.05, 3.63) is 200 Å². The molecule has 5 aromatic carbocycles. The molecule has 1 aromatic heterocycles. The summed E-state index contributed by atoms with van der Waals surface area (Å²) in [6.45, 7) is 14.3. The van der Waals surface area contributed by atoms with Crippen molar-refractivity contribution in [2.45, 2.75) is 72.6 Å². The molecule has 0 N–H and O–H groups in total. The maximum Gasteiger partial charge on any atom is 0.185 e. The lowest BCUT2D eigenvalue weighted by Gasteiger charge is -2.30. The van der Waals surface area contributed by atoms with Gasteiger partial charge in [0.2, 0.25) is 0 Å². The Morgan fingerprint density at radius 1 is 0.671 bits per heavy atom. The lowest BCUT2D eigenvalue weighted by atomic mass is 9.93. The molecule has 372 valence electrons. The van der Waals surface area contributed by atoms with Gasteiger partial charge in [0, 0.05) is 85.0 Å². The van der Waals surface area contributed by atoms with E-state index in [1.54, 1.807) is 11.3 Å². The van der Waals surface area contributed by atoms with Gasteiger partial charge in [-0.2, -0.15) is 0 Å². The molecule has 0 aliphatic carbocycles. The van der Waals surface area contributed by atoms with E-state index in [0.29, 0.717) is 0 Å². The first-order valence-corrected chi connectivity index (χ1v) is 25.6. The number of benzene rings is 5. The number of carbonyl (C=O) groups excluding carboxylic acids is 2. The fraction of sp³-hybridized carbons (Fsp3) is 0.316. The van der Waals surface area contributed by atoms with Crippen LogP contribution in [0.4, 0.5) is 22.7 Å². The fourth-order valence-electron chi connectivity index (χ4n) is 8.36. The predicted molar refractivity (Wildman–Crippen MR) is 282 cm³/mol. The van der Waals surface area contributed by atoms with Gasteiger partial charge in [-0.25, -0.2) is 22.5 Å². The van der Waals surface area contributed by atoms with Crippen LogP contribution >= 0.6 is 27.3 Å². The molecule has 0 saturated heterocycles. The maximum atomic E-state index is 13.9. The highest BCUT2D eigenvalue weighted by molar-refractivity contribution is 9.09. The first-order chi connectivity index (χ1) is 33.9. The number of anilines is 1. The van der Waals surface area contributed by atoms with Gasteiger partial charge in [0.1, 0.15) is 23.3 Å². The van der Waals surface area contributed by atoms with Crippen LogP contribution in [0.25, 0.3) is 11.1 Å². The Hall–Kier alpha value is -5.57. The summed E-state index contributed by atoms with van der Waals surface area (Å²) in [5.41, 5.74) is 9.34. The van der Waals surface area contributed by atoms with Gasteiger partial charge in [-0.15, -0.1) is 11.3 Å². The van der Waals surface area contributed by atoms with Crippen molar-refractivity contribution in [2.24, 2.45) is 0 Å². The molecule has 2 aliphatic heterocycles. The monoisotopic (exact) mass is 1040 g/mol. The summed E-state index contributed by atoms with van der Waals surface area (Å²) in [4.78, 5) is 33.9. The molecule has 0 saturated carbocycles. The molecule has 6 aromatic rings. The van der Waals surface area contributed by atoms with E-state index >= 15 is 0 Å². The van der Waals surface area contributed by atoms with Crippen LogP contribution < -0.4 is 4.90 Å². The van der Waals surface area contributed by atoms with Gasteiger partial charge in [0.05, 0.1) is 11.1 Å². The molecule has 0 spiro atoms. The predicted octanol–water partition coefficient (Wildman–Crippen LogP) is 14.3. The molecule has 2 aliphatic rings. The van der Waals surface area contributed by atoms with Gasteiger partial charge in [-0.1, -0.05) is 118 Å². The average molecular weight is 1040 g/mol. The summed E-state index contributed by atoms with van der Waals surface area (Å²) in [5, 5.41) is 3.92. The Morgan fingerprint density at radius 2 is 1.16 bits per heavy atom. The lowest BCUT2D eigenvalue weighted by molar-refractivity contribution is -0.136. The Labute approximate surface area is 425 Å². The number of alkyl halides is 1. The minimum atomic E-state index is -0.822. The number of ether oxygens (including phenoxy) is 2. The van der Waals surface area contributed by atoms with Crippen LogP contribution in [0.1, 0.15) is 98.3 Å². The number of rotatable bonds is 17. The number of carbonyl (C=O) groups is 2. The van der Waals surface area contributed by atoms with Gasteiger partial charge in [-0.3, -0.25) is 14.5 Å². The fourth-order valence-corrected chi connectivity index (χ4v) is 9.40. The Bertz CT molecular complexity index is 2660. The van der Waals surface area contributed by atoms with E-state index < -0.39 is 46.0 Å². The highest BCUT2D eigenvalue weighted by Crippen LogP contribution is 2.32. The van der Waals surface area contributed by atoms with E-state index in [1.807, 2.05) is 80.0 Å². The van der Waals surface area contributed by atoms with Gasteiger partial charge < -0.3 is 14.4 Å². The molecule has 0 radical (unpaired) electrons. The van der Waals surface area contributed by atoms with Gasteiger partial charge >= 0.3 is 0 Å². The van der Waals surface area contributed by atoms with E-state index in [-0.39, 0.29) is 22.0 Å². The normalized spacial score (nSPS) is 14.0. The molecule has 0 atom stereocenters. The zero-order valence-corrected chi connectivity index (χ0v) is 42.6. The van der Waals surface area contributed by atoms with Crippen molar-refractivity contribution in [1.29, 1.82) is 0 Å². The zero-order chi connectivity index (χ0) is 50.0. The second-order valence-corrected chi connectivity index (χ2v) is 18.7. The first-order valence-electron chi connectivity index (χ1n) is 23.6. The van der Waals surface area contributed by atoms with Crippen LogP contribution in [-0.4, -0.2) is 72.5 Å². The van der Waals surface area contributed by atoms with Gasteiger partial charge in [0.15, 0.2) is 23.0 Å². The van der Waals surface area contributed by atoms with Crippen molar-refractivity contribution in [1.82, 2.24) is 9.88 Å². The molecular weight excluding hydrogens is 979 g/mol. The van der Waals surface area contributed by atoms with E-state index in [2.05, 4.69) is 68.8 Å². The summed E-state index contributed by atoms with van der Waals surface area (Å²) in [6.07, 6.45) is 4.64. The highest BCUT2D eigenvalue weighted by atomic mass is 79.9. The van der Waals surface area contributed by atoms with Crippen LogP contribution in [-0.2, 0) is 28.9 Å². The molecular formula is C57H64BrF4N3O4S. The van der Waals surface area contributed by atoms with E-state index in [9.17, 15) is 27.2 Å². The molecule has 13 heteroatoms. The first kappa shape index (κ1) is 53.8. The summed E-state index contributed by atoms with van der Waals surface area (Å²) in [7, 11) is 0. The Morgan fingerprint density at radius 3 is 1.61 bits per heavy atom. The van der Waals surface area contributed by atoms with Gasteiger partial charge in [-0.05, 0) is 104 Å². The maximum absolute atomic E-state index is 13.9. The molecule has 0 amide bonds. The van der Waals surface area contributed by atoms with E-state index in [0.717, 1.165) is 122 Å². The number of nitrogens with zero attached hydrogens (tertiary/aromatic N) is 3. The Balaban J connectivity index is 0.000000258. The van der Waals surface area contributed by atoms with Crippen molar-refractivity contribution in [3.8, 4) is 0 Å². The summed E-state index contributed by atoms with van der Waals surface area (Å²) in [6, 6.07) is 32.8. The average Bonchev–Trinajstić information content (AvgIpc) is 3.90. The van der Waals surface area contributed by atoms with Crippen LogP contribution in [0, 0.1) is 23.3 Å². The molecule has 0 unspecified atom stereocenters. The molecule has 0 bridgehead atoms. The van der Waals surface area contributed by atoms with E-state index in [4.69, 9.17) is 9.47 Å². The molecule has 7 nitrogen and oxygen atoms in total. The van der Waals surface area contributed by atoms with Crippen molar-refractivity contribution >= 4 is 55.1 Å². The number of hydrogen-bond donors (Lipinski definition) is 0. The van der Waals surface area contributed by atoms with E-state index in [1.165, 1.54) is 40.0 Å². The SMILES string of the molecule is CC1=C(c2ccc(CC(=O)c3c(F)cccc3F)cc2)CN(Cc2ccccc2)CC1.CC1=C(c2ccc(CC(=O)c3c(F)cccc3F)cc2)CN(c2nccs2)CC1.CCOC(CCBr)OCC.[2HH].[HH]. The van der Waals surface area contributed by atoms with Crippen LogP contribution in [0.5, 0.6) is 0 Å². The second kappa shape index (κ2) is 27.1. The molecule has 3 heterocycles. The number of halogens is 5. The molecule has 8 rings (SSSR count). The van der Waals surface area contributed by atoms with Crippen LogP contribution in [0.3, 0.4) is 0 Å². The standard InChI is InChI=1S/C27H25F2NO.C23H20F2N2OS.C7H15BrO2.2H2/c1-19-14-15-30(17-21-6-3-2-4-7-21)18-23(19)22-12-10-20(11-13-22)16-26(31)27-24(28)8-5-9-25(27)29;1-15-9-11-27(23-26-10-12-29-23)14-18(15)17-7-5-16(6-8-17)13-21(28)22-19(24)3-2-4-20(22)25;1-3-9-7(5-6-8)10-4-2;;/h2-13H,14-18H2,1H3;2-8,10,12H,9,11,13-14H2,1H3;7H,3-6H2,1-2H3;2*1H/i;;;1+1;. The summed E-state index contributed by atoms with van der Waals surface area (Å²) in [5.74, 6) is -4.39. The molecule has 0 fully saturated rings. The highest BCUT2D eigenvalue weighted by Gasteiger charge is 2.23. The topological polar surface area (TPSA) is 72.0 Å². The summed E-state index contributed by atoms with van der Waals surface area (Å²) >= 11 is 4.96. The minimum Gasteiger partial charge on any atom is -0.353 e. The third-order valence-electron chi connectivity index (χ3n) is 12.1.